The van der Waals surface area contributed by atoms with Crippen LogP contribution in [-0.4, -0.2) is 6.61 Å². The van der Waals surface area contributed by atoms with Crippen molar-refractivity contribution < 1.29 is 4.74 Å². The number of halogens is 3. The topological polar surface area (TPSA) is 21.3 Å². The fourth-order valence-electron chi connectivity index (χ4n) is 1.90. The molecule has 0 radical (unpaired) electrons. The summed E-state index contributed by atoms with van der Waals surface area (Å²) < 4.78 is 8.62. The summed E-state index contributed by atoms with van der Waals surface area (Å²) in [6.45, 7) is 5.45. The molecule has 2 aromatic carbocycles. The lowest BCUT2D eigenvalue weighted by Crippen LogP contribution is -2.01. The van der Waals surface area contributed by atoms with Gasteiger partial charge in [0, 0.05) is 16.7 Å². The standard InChI is InChI=1S/C16H16Br3NO/c1-3-21-16-14(18)6-11(7-15(16)19)9-20-12-5-4-10(2)13(17)8-12/h4-8,20H,3,9H2,1-2H3. The number of ether oxygens (including phenoxy) is 1. The minimum atomic E-state index is 0.645. The van der Waals surface area contributed by atoms with Crippen LogP contribution in [0.5, 0.6) is 5.75 Å². The van der Waals surface area contributed by atoms with Gasteiger partial charge >= 0.3 is 0 Å². The first-order valence-corrected chi connectivity index (χ1v) is 9.00. The van der Waals surface area contributed by atoms with Gasteiger partial charge in [-0.25, -0.2) is 0 Å². The number of hydrogen-bond donors (Lipinski definition) is 1. The van der Waals surface area contributed by atoms with E-state index >= 15 is 0 Å². The van der Waals surface area contributed by atoms with Gasteiger partial charge in [-0.1, -0.05) is 22.0 Å². The van der Waals surface area contributed by atoms with E-state index in [2.05, 4.69) is 90.4 Å². The quantitative estimate of drug-likeness (QED) is 0.546. The van der Waals surface area contributed by atoms with Crippen LogP contribution in [0, 0.1) is 6.92 Å². The number of aryl methyl sites for hydroxylation is 1. The van der Waals surface area contributed by atoms with Gasteiger partial charge in [0.25, 0.3) is 0 Å². The Bertz CT molecular complexity index is 620. The maximum atomic E-state index is 5.59. The Morgan fingerprint density at radius 1 is 1.00 bits per heavy atom. The second-order valence-electron chi connectivity index (χ2n) is 4.64. The van der Waals surface area contributed by atoms with Gasteiger partial charge in [0.1, 0.15) is 5.75 Å². The normalized spacial score (nSPS) is 10.5. The van der Waals surface area contributed by atoms with Crippen LogP contribution < -0.4 is 10.1 Å². The van der Waals surface area contributed by atoms with Crippen molar-refractivity contribution in [2.45, 2.75) is 20.4 Å². The van der Waals surface area contributed by atoms with Crippen molar-refractivity contribution in [1.82, 2.24) is 0 Å². The average molecular weight is 478 g/mol. The largest absolute Gasteiger partial charge is 0.492 e. The van der Waals surface area contributed by atoms with Crippen molar-refractivity contribution in [1.29, 1.82) is 0 Å². The third-order valence-electron chi connectivity index (χ3n) is 3.02. The molecule has 2 nitrogen and oxygen atoms in total. The molecule has 0 aromatic heterocycles. The molecule has 0 amide bonds. The Kier molecular flexibility index (Phi) is 6.14. The van der Waals surface area contributed by atoms with Crippen molar-refractivity contribution in [2.24, 2.45) is 0 Å². The number of anilines is 1. The zero-order valence-electron chi connectivity index (χ0n) is 11.8. The SMILES string of the molecule is CCOc1c(Br)cc(CNc2ccc(C)c(Br)c2)cc1Br. The predicted molar refractivity (Wildman–Crippen MR) is 99.2 cm³/mol. The van der Waals surface area contributed by atoms with Crippen LogP contribution in [0.4, 0.5) is 5.69 Å². The first-order chi connectivity index (χ1) is 10.0. The summed E-state index contributed by atoms with van der Waals surface area (Å²) in [5, 5.41) is 3.42. The Morgan fingerprint density at radius 2 is 1.67 bits per heavy atom. The number of benzene rings is 2. The van der Waals surface area contributed by atoms with Crippen molar-refractivity contribution in [3.05, 3.63) is 54.9 Å². The molecule has 0 saturated heterocycles. The van der Waals surface area contributed by atoms with Crippen LogP contribution >= 0.6 is 47.8 Å². The lowest BCUT2D eigenvalue weighted by Gasteiger charge is -2.12. The number of hydrogen-bond acceptors (Lipinski definition) is 2. The van der Waals surface area contributed by atoms with Gasteiger partial charge in [0.15, 0.2) is 0 Å². The van der Waals surface area contributed by atoms with E-state index in [0.717, 1.165) is 31.4 Å². The molecule has 0 aliphatic rings. The van der Waals surface area contributed by atoms with Crippen molar-refractivity contribution in [3.8, 4) is 5.75 Å². The smallest absolute Gasteiger partial charge is 0.147 e. The Morgan fingerprint density at radius 3 is 2.24 bits per heavy atom. The molecule has 1 N–H and O–H groups in total. The minimum absolute atomic E-state index is 0.645. The molecule has 21 heavy (non-hydrogen) atoms. The highest BCUT2D eigenvalue weighted by atomic mass is 79.9. The van der Waals surface area contributed by atoms with Crippen molar-refractivity contribution >= 4 is 53.5 Å². The Balaban J connectivity index is 2.11. The summed E-state index contributed by atoms with van der Waals surface area (Å²) in [6, 6.07) is 10.4. The number of rotatable bonds is 5. The van der Waals surface area contributed by atoms with Gasteiger partial charge < -0.3 is 10.1 Å². The molecule has 0 aliphatic heterocycles. The van der Waals surface area contributed by atoms with Gasteiger partial charge in [-0.15, -0.1) is 0 Å². The van der Waals surface area contributed by atoms with E-state index in [1.807, 2.05) is 6.92 Å². The van der Waals surface area contributed by atoms with E-state index in [4.69, 9.17) is 4.74 Å². The van der Waals surface area contributed by atoms with E-state index in [-0.39, 0.29) is 0 Å². The molecule has 0 spiro atoms. The van der Waals surface area contributed by atoms with Crippen LogP contribution in [0.2, 0.25) is 0 Å². The zero-order chi connectivity index (χ0) is 15.4. The molecule has 5 heteroatoms. The maximum absolute atomic E-state index is 5.59. The summed E-state index contributed by atoms with van der Waals surface area (Å²) in [7, 11) is 0. The average Bonchev–Trinajstić information content (AvgIpc) is 2.44. The second kappa shape index (κ2) is 7.65. The van der Waals surface area contributed by atoms with Crippen LogP contribution in [0.15, 0.2) is 43.7 Å². The van der Waals surface area contributed by atoms with Crippen molar-refractivity contribution in [3.63, 3.8) is 0 Å². The van der Waals surface area contributed by atoms with Crippen LogP contribution in [0.3, 0.4) is 0 Å². The summed E-state index contributed by atoms with van der Waals surface area (Å²) in [5.74, 6) is 0.847. The third-order valence-corrected chi connectivity index (χ3v) is 5.05. The molecular weight excluding hydrogens is 462 g/mol. The molecule has 0 saturated carbocycles. The maximum Gasteiger partial charge on any atom is 0.147 e. The lowest BCUT2D eigenvalue weighted by molar-refractivity contribution is 0.336. The van der Waals surface area contributed by atoms with E-state index in [9.17, 15) is 0 Å². The van der Waals surface area contributed by atoms with Gasteiger partial charge in [-0.3, -0.25) is 0 Å². The summed E-state index contributed by atoms with van der Waals surface area (Å²) >= 11 is 10.7. The molecule has 0 unspecified atom stereocenters. The van der Waals surface area contributed by atoms with Crippen LogP contribution in [0.25, 0.3) is 0 Å². The summed E-state index contributed by atoms with van der Waals surface area (Å²) in [6.07, 6.45) is 0. The van der Waals surface area contributed by atoms with Crippen LogP contribution in [0.1, 0.15) is 18.1 Å². The first-order valence-electron chi connectivity index (χ1n) is 6.62. The highest BCUT2D eigenvalue weighted by Gasteiger charge is 2.08. The molecule has 112 valence electrons. The minimum Gasteiger partial charge on any atom is -0.492 e. The second-order valence-corrected chi connectivity index (χ2v) is 7.20. The van der Waals surface area contributed by atoms with Crippen molar-refractivity contribution in [2.75, 3.05) is 11.9 Å². The first kappa shape index (κ1) is 16.8. The molecule has 0 aliphatic carbocycles. The van der Waals surface area contributed by atoms with Gasteiger partial charge in [0.05, 0.1) is 15.6 Å². The van der Waals surface area contributed by atoms with E-state index in [1.54, 1.807) is 0 Å². The molecule has 0 bridgehead atoms. The fraction of sp³-hybridized carbons (Fsp3) is 0.250. The number of nitrogens with one attached hydrogen (secondary N) is 1. The van der Waals surface area contributed by atoms with E-state index < -0.39 is 0 Å². The molecule has 0 fully saturated rings. The van der Waals surface area contributed by atoms with E-state index in [1.165, 1.54) is 11.1 Å². The van der Waals surface area contributed by atoms with Gasteiger partial charge in [-0.05, 0) is 81.1 Å². The lowest BCUT2D eigenvalue weighted by atomic mass is 10.2. The molecular formula is C16H16Br3NO. The fourth-order valence-corrected chi connectivity index (χ4v) is 3.79. The summed E-state index contributed by atoms with van der Waals surface area (Å²) in [4.78, 5) is 0. The van der Waals surface area contributed by atoms with Gasteiger partial charge in [-0.2, -0.15) is 0 Å². The highest BCUT2D eigenvalue weighted by Crippen LogP contribution is 2.35. The Labute approximate surface area is 150 Å². The predicted octanol–water partition coefficient (Wildman–Crippen LogP) is 6.29. The third kappa shape index (κ3) is 4.47. The molecule has 0 atom stereocenters. The molecule has 2 aromatic rings. The van der Waals surface area contributed by atoms with E-state index in [0.29, 0.717) is 6.61 Å². The monoisotopic (exact) mass is 475 g/mol. The Hall–Kier alpha value is -0.520. The molecule has 0 heterocycles. The molecule has 2 rings (SSSR count). The summed E-state index contributed by atoms with van der Waals surface area (Å²) in [5.41, 5.74) is 3.50. The van der Waals surface area contributed by atoms with Gasteiger partial charge in [0.2, 0.25) is 0 Å². The zero-order valence-corrected chi connectivity index (χ0v) is 16.6. The van der Waals surface area contributed by atoms with Crippen LogP contribution in [-0.2, 0) is 6.54 Å². The highest BCUT2D eigenvalue weighted by molar-refractivity contribution is 9.11.